The molecule has 61 heavy (non-hydrogen) atoms. The van der Waals surface area contributed by atoms with E-state index in [0.29, 0.717) is 5.92 Å². The summed E-state index contributed by atoms with van der Waals surface area (Å²) in [6, 6.07) is 71.8. The Morgan fingerprint density at radius 3 is 1.44 bits per heavy atom. The molecule has 0 amide bonds. The van der Waals surface area contributed by atoms with Gasteiger partial charge in [0.25, 0.3) is 0 Å². The lowest BCUT2D eigenvalue weighted by atomic mass is 9.77. The molecule has 0 N–H and O–H groups in total. The van der Waals surface area contributed by atoms with Gasteiger partial charge in [-0.1, -0.05) is 192 Å². The summed E-state index contributed by atoms with van der Waals surface area (Å²) in [7, 11) is 0. The largest absolute Gasteiger partial charge is 0.311 e. The lowest BCUT2D eigenvalue weighted by Gasteiger charge is -2.28. The van der Waals surface area contributed by atoms with Gasteiger partial charge < -0.3 is 4.90 Å². The zero-order valence-electron chi connectivity index (χ0n) is 35.4. The van der Waals surface area contributed by atoms with Crippen molar-refractivity contribution in [1.29, 1.82) is 0 Å². The van der Waals surface area contributed by atoms with E-state index in [0.717, 1.165) is 23.5 Å². The fourth-order valence-electron chi connectivity index (χ4n) is 10.4. The minimum Gasteiger partial charge on any atom is -0.311 e. The Morgan fingerprint density at radius 2 is 0.836 bits per heavy atom. The molecule has 0 heterocycles. The van der Waals surface area contributed by atoms with Gasteiger partial charge in [-0.25, -0.2) is 0 Å². The van der Waals surface area contributed by atoms with Gasteiger partial charge in [0.1, 0.15) is 0 Å². The van der Waals surface area contributed by atoms with Crippen molar-refractivity contribution in [2.75, 3.05) is 4.90 Å². The van der Waals surface area contributed by atoms with Crippen molar-refractivity contribution >= 4 is 22.6 Å². The van der Waals surface area contributed by atoms with E-state index < -0.39 is 0 Å². The van der Waals surface area contributed by atoms with Gasteiger partial charge in [-0.3, -0.25) is 0 Å². The van der Waals surface area contributed by atoms with Crippen LogP contribution in [-0.2, 0) is 10.8 Å². The zero-order valence-corrected chi connectivity index (χ0v) is 35.4. The molecule has 8 aromatic rings. The number of anilines is 3. The lowest BCUT2D eigenvalue weighted by molar-refractivity contribution is 0.648. The molecule has 1 heteroatoms. The molecule has 294 valence electrons. The van der Waals surface area contributed by atoms with E-state index in [1.54, 1.807) is 0 Å². The molecular weight excluding hydrogens is 735 g/mol. The molecule has 1 atom stereocenters. The second kappa shape index (κ2) is 14.4. The Labute approximate surface area is 361 Å². The summed E-state index contributed by atoms with van der Waals surface area (Å²) in [6.07, 6.45) is 6.03. The van der Waals surface area contributed by atoms with Gasteiger partial charge in [0.05, 0.1) is 0 Å². The van der Waals surface area contributed by atoms with E-state index in [4.69, 9.17) is 0 Å². The van der Waals surface area contributed by atoms with Crippen molar-refractivity contribution in [2.24, 2.45) is 0 Å². The van der Waals surface area contributed by atoms with Crippen LogP contribution in [0.25, 0.3) is 50.1 Å². The molecule has 1 nitrogen and oxygen atoms in total. The van der Waals surface area contributed by atoms with Gasteiger partial charge in [-0.05, 0) is 132 Å². The molecule has 0 saturated carbocycles. The smallest absolute Gasteiger partial charge is 0.0462 e. The standard InChI is InChI=1S/C60H49N/c1-59(2)55-16-10-8-14-51(55)53-36-28-46(38-57(53)59)44-24-32-49(33-25-44)61(48-30-22-43(23-31-48)42-20-18-41(19-21-42)40-12-6-5-7-13-40)50-34-26-45(27-35-50)47-29-37-54-52-15-9-11-17-56(52)60(3,4)58(54)39-47/h5-28,30-39,47H,29H2,1-4H3. The molecule has 0 saturated heterocycles. The summed E-state index contributed by atoms with van der Waals surface area (Å²) in [6.45, 7) is 9.46. The van der Waals surface area contributed by atoms with Crippen LogP contribution in [0.3, 0.4) is 0 Å². The number of rotatable bonds is 7. The molecule has 0 spiro atoms. The average Bonchev–Trinajstić information content (AvgIpc) is 3.69. The van der Waals surface area contributed by atoms with E-state index in [9.17, 15) is 0 Å². The lowest BCUT2D eigenvalue weighted by Crippen LogP contribution is -2.17. The van der Waals surface area contributed by atoms with Gasteiger partial charge in [-0.15, -0.1) is 0 Å². The molecule has 3 aliphatic carbocycles. The highest BCUT2D eigenvalue weighted by molar-refractivity contribution is 5.91. The van der Waals surface area contributed by atoms with Gasteiger partial charge >= 0.3 is 0 Å². The third kappa shape index (κ3) is 6.22. The van der Waals surface area contributed by atoms with Crippen LogP contribution in [0.5, 0.6) is 0 Å². The van der Waals surface area contributed by atoms with Crippen molar-refractivity contribution in [3.8, 4) is 44.5 Å². The average molecular weight is 784 g/mol. The van der Waals surface area contributed by atoms with Crippen molar-refractivity contribution in [3.63, 3.8) is 0 Å². The third-order valence-corrected chi connectivity index (χ3v) is 13.9. The van der Waals surface area contributed by atoms with Gasteiger partial charge in [0.2, 0.25) is 0 Å². The fourth-order valence-corrected chi connectivity index (χ4v) is 10.4. The van der Waals surface area contributed by atoms with Gasteiger partial charge in [-0.2, -0.15) is 0 Å². The quantitative estimate of drug-likeness (QED) is 0.156. The van der Waals surface area contributed by atoms with Gasteiger partial charge in [0.15, 0.2) is 0 Å². The summed E-state index contributed by atoms with van der Waals surface area (Å²) >= 11 is 0. The predicted octanol–water partition coefficient (Wildman–Crippen LogP) is 16.3. The van der Waals surface area contributed by atoms with Crippen LogP contribution in [0.1, 0.15) is 67.9 Å². The minimum absolute atomic E-state index is 0.00108. The van der Waals surface area contributed by atoms with Crippen LogP contribution in [0.4, 0.5) is 17.1 Å². The second-order valence-corrected chi connectivity index (χ2v) is 18.1. The number of nitrogens with zero attached hydrogens (tertiary/aromatic N) is 1. The molecule has 1 unspecified atom stereocenters. The molecular formula is C60H49N. The highest BCUT2D eigenvalue weighted by atomic mass is 15.1. The summed E-state index contributed by atoms with van der Waals surface area (Å²) < 4.78 is 0. The normalized spacial score (nSPS) is 16.4. The Balaban J connectivity index is 0.922. The number of allylic oxidation sites excluding steroid dienone is 4. The van der Waals surface area contributed by atoms with Crippen molar-refractivity contribution < 1.29 is 0 Å². The van der Waals surface area contributed by atoms with Gasteiger partial charge in [0, 0.05) is 33.8 Å². The van der Waals surface area contributed by atoms with E-state index in [2.05, 4.69) is 239 Å². The van der Waals surface area contributed by atoms with Crippen LogP contribution < -0.4 is 4.90 Å². The zero-order chi connectivity index (χ0) is 41.3. The number of hydrogen-bond donors (Lipinski definition) is 0. The maximum absolute atomic E-state index is 2.55. The number of benzene rings is 8. The van der Waals surface area contributed by atoms with Crippen molar-refractivity contribution in [1.82, 2.24) is 0 Å². The molecule has 0 radical (unpaired) electrons. The van der Waals surface area contributed by atoms with Crippen LogP contribution in [-0.4, -0.2) is 0 Å². The van der Waals surface area contributed by atoms with E-state index in [1.165, 1.54) is 83.5 Å². The number of hydrogen-bond acceptors (Lipinski definition) is 1. The minimum atomic E-state index is -0.0358. The topological polar surface area (TPSA) is 3.24 Å². The highest BCUT2D eigenvalue weighted by Crippen LogP contribution is 2.53. The first-order valence-electron chi connectivity index (χ1n) is 21.8. The Kier molecular flexibility index (Phi) is 8.72. The first-order chi connectivity index (χ1) is 29.7. The van der Waals surface area contributed by atoms with Crippen LogP contribution in [0.15, 0.2) is 212 Å². The van der Waals surface area contributed by atoms with Crippen LogP contribution >= 0.6 is 0 Å². The highest BCUT2D eigenvalue weighted by Gasteiger charge is 2.39. The Morgan fingerprint density at radius 1 is 0.393 bits per heavy atom. The molecule has 3 aliphatic rings. The first kappa shape index (κ1) is 37.1. The predicted molar refractivity (Wildman–Crippen MR) is 258 cm³/mol. The number of fused-ring (bicyclic) bond motifs is 6. The Hall–Kier alpha value is -6.96. The fraction of sp³-hybridized carbons (Fsp3) is 0.133. The monoisotopic (exact) mass is 783 g/mol. The maximum Gasteiger partial charge on any atom is 0.0462 e. The molecule has 0 fully saturated rings. The molecule has 0 bridgehead atoms. The van der Waals surface area contributed by atoms with E-state index in [-0.39, 0.29) is 10.8 Å². The molecule has 0 aliphatic heterocycles. The summed E-state index contributed by atoms with van der Waals surface area (Å²) in [5.74, 6) is 0.340. The maximum atomic E-state index is 2.55. The summed E-state index contributed by atoms with van der Waals surface area (Å²) in [5.41, 5.74) is 23.3. The third-order valence-electron chi connectivity index (χ3n) is 13.9. The second-order valence-electron chi connectivity index (χ2n) is 18.1. The van der Waals surface area contributed by atoms with E-state index in [1.807, 2.05) is 0 Å². The van der Waals surface area contributed by atoms with Crippen molar-refractivity contribution in [3.05, 3.63) is 240 Å². The molecule has 8 aromatic carbocycles. The SMILES string of the molecule is CC1(C)C2=CC(c3ccc(N(c4ccc(-c5ccc(-c6ccccc6)cc5)cc4)c4ccc(-c5ccc6c(c5)C(C)(C)c5ccccc5-6)cc4)cc3)CC=C2c2ccccc21. The van der Waals surface area contributed by atoms with E-state index >= 15 is 0 Å². The van der Waals surface area contributed by atoms with Crippen molar-refractivity contribution in [2.45, 2.75) is 50.9 Å². The van der Waals surface area contributed by atoms with Crippen LogP contribution in [0.2, 0.25) is 0 Å². The van der Waals surface area contributed by atoms with Crippen LogP contribution in [0, 0.1) is 0 Å². The molecule has 11 rings (SSSR count). The summed E-state index contributed by atoms with van der Waals surface area (Å²) in [4.78, 5) is 2.40. The first-order valence-corrected chi connectivity index (χ1v) is 21.8. The Bertz CT molecular complexity index is 3000. The molecule has 0 aromatic heterocycles. The summed E-state index contributed by atoms with van der Waals surface area (Å²) in [5, 5.41) is 0.